The highest BCUT2D eigenvalue weighted by Gasteiger charge is 2.17. The average molecular weight is 516 g/mol. The fourth-order valence-corrected chi connectivity index (χ4v) is 4.75. The quantitative estimate of drug-likeness (QED) is 0.175. The molecule has 0 atom stereocenters. The largest absolute Gasteiger partial charge is 0.489 e. The number of nitrogens with zero attached hydrogens (tertiary/aromatic N) is 1. The number of allylic oxidation sites excluding steroid dienone is 6. The maximum absolute atomic E-state index is 6.16. The number of ether oxygens (including phenoxy) is 2. The molecule has 0 unspecified atom stereocenters. The van der Waals surface area contributed by atoms with Crippen molar-refractivity contribution in [2.75, 3.05) is 6.61 Å². The Kier molecular flexibility index (Phi) is 9.42. The summed E-state index contributed by atoms with van der Waals surface area (Å²) in [4.78, 5) is 0. The lowest BCUT2D eigenvalue weighted by Gasteiger charge is -2.13. The summed E-state index contributed by atoms with van der Waals surface area (Å²) in [7, 11) is 0. The van der Waals surface area contributed by atoms with Gasteiger partial charge in [0.25, 0.3) is 0 Å². The lowest BCUT2D eigenvalue weighted by Crippen LogP contribution is -2.02. The van der Waals surface area contributed by atoms with E-state index in [1.165, 1.54) is 16.6 Å². The SMILES string of the molecule is C=C/C=C(\C=C/C)COc1ccc(-c2c(C)c3cc(OCc4ccccc4)ccc3n2CC(=C)/C=C\C)cc1. The molecule has 3 aromatic carbocycles. The normalized spacial score (nSPS) is 11.9. The van der Waals surface area contributed by atoms with Gasteiger partial charge >= 0.3 is 0 Å². The van der Waals surface area contributed by atoms with Gasteiger partial charge in [0.15, 0.2) is 0 Å². The van der Waals surface area contributed by atoms with Crippen molar-refractivity contribution in [2.24, 2.45) is 0 Å². The van der Waals surface area contributed by atoms with Gasteiger partial charge in [0.2, 0.25) is 0 Å². The standard InChI is InChI=1S/C36H37NO2/c1-6-12-27(4)24-37-35-22-21-33(39-26-30-15-10-9-11-16-30)23-34(35)28(5)36(37)31-17-19-32(20-18-31)38-25-29(13-7-2)14-8-3/h6-23H,2,4,24-26H2,1,3,5H3/b12-6-,14-8-,29-13+. The minimum Gasteiger partial charge on any atom is -0.489 e. The van der Waals surface area contributed by atoms with Gasteiger partial charge in [-0.25, -0.2) is 0 Å². The van der Waals surface area contributed by atoms with Crippen molar-refractivity contribution >= 4 is 10.9 Å². The third kappa shape index (κ3) is 6.88. The Morgan fingerprint density at radius 3 is 2.28 bits per heavy atom. The van der Waals surface area contributed by atoms with E-state index in [9.17, 15) is 0 Å². The highest BCUT2D eigenvalue weighted by atomic mass is 16.5. The van der Waals surface area contributed by atoms with Crippen LogP contribution in [0.1, 0.15) is 25.0 Å². The van der Waals surface area contributed by atoms with Crippen molar-refractivity contribution in [2.45, 2.75) is 33.9 Å². The summed E-state index contributed by atoms with van der Waals surface area (Å²) in [6.45, 7) is 16.0. The Morgan fingerprint density at radius 1 is 0.872 bits per heavy atom. The summed E-state index contributed by atoms with van der Waals surface area (Å²) in [5.74, 6) is 1.69. The third-order valence-corrected chi connectivity index (χ3v) is 6.55. The minimum absolute atomic E-state index is 0.490. The molecule has 1 heterocycles. The molecule has 198 valence electrons. The Hall–Kier alpha value is -4.50. The zero-order valence-electron chi connectivity index (χ0n) is 23.2. The molecule has 0 spiro atoms. The highest BCUT2D eigenvalue weighted by Crippen LogP contribution is 2.36. The molecule has 0 amide bonds. The van der Waals surface area contributed by atoms with E-state index in [4.69, 9.17) is 9.47 Å². The molecular weight excluding hydrogens is 478 g/mol. The molecule has 0 aliphatic rings. The molecule has 39 heavy (non-hydrogen) atoms. The molecule has 0 saturated carbocycles. The van der Waals surface area contributed by atoms with E-state index in [0.717, 1.165) is 39.3 Å². The number of fused-ring (bicyclic) bond motifs is 1. The molecule has 0 bridgehead atoms. The summed E-state index contributed by atoms with van der Waals surface area (Å²) in [5, 5.41) is 1.18. The lowest BCUT2D eigenvalue weighted by atomic mass is 10.1. The average Bonchev–Trinajstić information content (AvgIpc) is 3.22. The van der Waals surface area contributed by atoms with Gasteiger partial charge in [-0.15, -0.1) is 0 Å². The van der Waals surface area contributed by atoms with Crippen LogP contribution in [0.5, 0.6) is 11.5 Å². The number of rotatable bonds is 12. The van der Waals surface area contributed by atoms with Crippen molar-refractivity contribution in [1.29, 1.82) is 0 Å². The molecule has 4 rings (SSSR count). The van der Waals surface area contributed by atoms with Crippen LogP contribution in [0.25, 0.3) is 22.2 Å². The van der Waals surface area contributed by atoms with Crippen molar-refractivity contribution in [3.63, 3.8) is 0 Å². The molecule has 0 aliphatic carbocycles. The van der Waals surface area contributed by atoms with E-state index < -0.39 is 0 Å². The van der Waals surface area contributed by atoms with Crippen LogP contribution in [0.3, 0.4) is 0 Å². The monoisotopic (exact) mass is 515 g/mol. The molecule has 0 fully saturated rings. The van der Waals surface area contributed by atoms with Gasteiger partial charge in [-0.2, -0.15) is 0 Å². The van der Waals surface area contributed by atoms with E-state index in [0.29, 0.717) is 19.8 Å². The first-order chi connectivity index (χ1) is 19.0. The second-order valence-electron chi connectivity index (χ2n) is 9.46. The van der Waals surface area contributed by atoms with Gasteiger partial charge in [-0.1, -0.05) is 79.9 Å². The van der Waals surface area contributed by atoms with Gasteiger partial charge in [0, 0.05) is 17.4 Å². The predicted molar refractivity (Wildman–Crippen MR) is 165 cm³/mol. The number of benzene rings is 3. The first-order valence-corrected chi connectivity index (χ1v) is 13.3. The van der Waals surface area contributed by atoms with Gasteiger partial charge in [0.1, 0.15) is 24.7 Å². The van der Waals surface area contributed by atoms with Crippen molar-refractivity contribution in [3.05, 3.63) is 145 Å². The van der Waals surface area contributed by atoms with Crippen LogP contribution in [0.15, 0.2) is 134 Å². The van der Waals surface area contributed by atoms with Crippen LogP contribution in [-0.2, 0) is 13.2 Å². The molecule has 4 aromatic rings. The zero-order valence-corrected chi connectivity index (χ0v) is 23.2. The second kappa shape index (κ2) is 13.3. The van der Waals surface area contributed by atoms with E-state index in [1.807, 2.05) is 68.5 Å². The first-order valence-electron chi connectivity index (χ1n) is 13.3. The summed E-state index contributed by atoms with van der Waals surface area (Å²) < 4.78 is 14.5. The summed E-state index contributed by atoms with van der Waals surface area (Å²) in [6.07, 6.45) is 11.9. The van der Waals surface area contributed by atoms with Crippen LogP contribution in [0, 0.1) is 6.92 Å². The molecule has 0 radical (unpaired) electrons. The van der Waals surface area contributed by atoms with E-state index in [1.54, 1.807) is 6.08 Å². The van der Waals surface area contributed by atoms with E-state index in [2.05, 4.69) is 73.2 Å². The van der Waals surface area contributed by atoms with Crippen LogP contribution >= 0.6 is 0 Å². The Morgan fingerprint density at radius 2 is 1.59 bits per heavy atom. The van der Waals surface area contributed by atoms with Crippen LogP contribution in [0.4, 0.5) is 0 Å². The Bertz CT molecular complexity index is 1520. The summed E-state index contributed by atoms with van der Waals surface area (Å²) >= 11 is 0. The third-order valence-electron chi connectivity index (χ3n) is 6.55. The van der Waals surface area contributed by atoms with E-state index in [-0.39, 0.29) is 0 Å². The van der Waals surface area contributed by atoms with Crippen LogP contribution < -0.4 is 9.47 Å². The minimum atomic E-state index is 0.490. The fourth-order valence-electron chi connectivity index (χ4n) is 4.75. The van der Waals surface area contributed by atoms with Gasteiger partial charge in [0.05, 0.1) is 5.69 Å². The Balaban J connectivity index is 1.66. The number of hydrogen-bond acceptors (Lipinski definition) is 2. The van der Waals surface area contributed by atoms with Crippen LogP contribution in [-0.4, -0.2) is 11.2 Å². The van der Waals surface area contributed by atoms with Crippen molar-refractivity contribution in [3.8, 4) is 22.8 Å². The Labute approximate surface area is 232 Å². The maximum atomic E-state index is 6.16. The zero-order chi connectivity index (χ0) is 27.6. The summed E-state index contributed by atoms with van der Waals surface area (Å²) in [5.41, 5.74) is 7.93. The molecule has 0 aliphatic heterocycles. The topological polar surface area (TPSA) is 23.4 Å². The van der Waals surface area contributed by atoms with Crippen molar-refractivity contribution in [1.82, 2.24) is 4.57 Å². The lowest BCUT2D eigenvalue weighted by molar-refractivity contribution is 0.306. The molecule has 1 aromatic heterocycles. The molecular formula is C36H37NO2. The highest BCUT2D eigenvalue weighted by molar-refractivity contribution is 5.92. The number of aromatic nitrogens is 1. The fraction of sp³-hybridized carbons (Fsp3) is 0.167. The van der Waals surface area contributed by atoms with Crippen LogP contribution in [0.2, 0.25) is 0 Å². The second-order valence-corrected chi connectivity index (χ2v) is 9.46. The van der Waals surface area contributed by atoms with Crippen molar-refractivity contribution < 1.29 is 9.47 Å². The molecule has 0 N–H and O–H groups in total. The molecule has 3 nitrogen and oxygen atoms in total. The smallest absolute Gasteiger partial charge is 0.120 e. The number of aryl methyl sites for hydroxylation is 1. The number of hydrogen-bond donors (Lipinski definition) is 0. The van der Waals surface area contributed by atoms with Gasteiger partial charge in [-0.3, -0.25) is 0 Å². The van der Waals surface area contributed by atoms with E-state index >= 15 is 0 Å². The molecule has 3 heteroatoms. The molecule has 0 saturated heterocycles. The summed E-state index contributed by atoms with van der Waals surface area (Å²) in [6, 6.07) is 24.9. The van der Waals surface area contributed by atoms with Gasteiger partial charge < -0.3 is 14.0 Å². The predicted octanol–water partition coefficient (Wildman–Crippen LogP) is 9.40. The van der Waals surface area contributed by atoms with Gasteiger partial charge in [-0.05, 0) is 91.1 Å². The first kappa shape index (κ1) is 27.5. The maximum Gasteiger partial charge on any atom is 0.120 e.